The maximum absolute atomic E-state index is 10.9. The van der Waals surface area contributed by atoms with E-state index in [9.17, 15) is 20.3 Å². The fourth-order valence-electron chi connectivity index (χ4n) is 1.72. The number of phenolic OH excluding ortho intramolecular Hbond substituents is 1. The summed E-state index contributed by atoms with van der Waals surface area (Å²) in [5, 5.41) is 34.2. The van der Waals surface area contributed by atoms with E-state index in [0.717, 1.165) is 0 Å². The molecule has 90 valence electrons. The average Bonchev–Trinajstić information content (AvgIpc) is 2.60. The van der Waals surface area contributed by atoms with Gasteiger partial charge in [-0.05, 0) is 19.1 Å². The standard InChI is InChI=1S/C10H11N3O4/c1-6(14)5-12-9-7(4-11-12)2-3-8(15)10(9)13(16)17/h2-4,6,14-15H,5H2,1H3/t6-/m1/s1. The molecule has 0 spiro atoms. The average molecular weight is 237 g/mol. The van der Waals surface area contributed by atoms with Gasteiger partial charge >= 0.3 is 5.69 Å². The van der Waals surface area contributed by atoms with Gasteiger partial charge in [-0.25, -0.2) is 0 Å². The van der Waals surface area contributed by atoms with Gasteiger partial charge in [0.25, 0.3) is 0 Å². The molecule has 2 aromatic rings. The zero-order valence-electron chi connectivity index (χ0n) is 9.07. The summed E-state index contributed by atoms with van der Waals surface area (Å²) in [5.41, 5.74) is -0.170. The first-order valence-corrected chi connectivity index (χ1v) is 5.00. The minimum absolute atomic E-state index is 0.133. The first-order chi connectivity index (χ1) is 8.00. The SMILES string of the molecule is C[C@@H](O)Cn1ncc2ccc(O)c([N+](=O)[O-])c21. The summed E-state index contributed by atoms with van der Waals surface area (Å²) >= 11 is 0. The molecule has 0 amide bonds. The number of fused-ring (bicyclic) bond motifs is 1. The molecule has 0 radical (unpaired) electrons. The van der Waals surface area contributed by atoms with Crippen molar-refractivity contribution in [1.29, 1.82) is 0 Å². The van der Waals surface area contributed by atoms with Gasteiger partial charge in [0.15, 0.2) is 5.75 Å². The number of aromatic nitrogens is 2. The number of aliphatic hydroxyl groups excluding tert-OH is 1. The Bertz CT molecular complexity index is 576. The van der Waals surface area contributed by atoms with Crippen LogP contribution >= 0.6 is 0 Å². The number of rotatable bonds is 3. The summed E-state index contributed by atoms with van der Waals surface area (Å²) in [6.07, 6.45) is 0.782. The first-order valence-electron chi connectivity index (χ1n) is 5.00. The summed E-state index contributed by atoms with van der Waals surface area (Å²) in [5.74, 6) is -0.408. The Morgan fingerprint density at radius 1 is 1.59 bits per heavy atom. The Balaban J connectivity index is 2.71. The molecule has 17 heavy (non-hydrogen) atoms. The molecule has 0 aliphatic heterocycles. The lowest BCUT2D eigenvalue weighted by Gasteiger charge is -2.06. The van der Waals surface area contributed by atoms with Crippen LogP contribution in [0.25, 0.3) is 10.9 Å². The van der Waals surface area contributed by atoms with E-state index in [1.165, 1.54) is 16.9 Å². The smallest absolute Gasteiger partial charge is 0.336 e. The van der Waals surface area contributed by atoms with E-state index in [1.54, 1.807) is 13.0 Å². The summed E-state index contributed by atoms with van der Waals surface area (Å²) in [6, 6.07) is 2.80. The lowest BCUT2D eigenvalue weighted by Crippen LogP contribution is -2.13. The molecule has 7 heteroatoms. The summed E-state index contributed by atoms with van der Waals surface area (Å²) < 4.78 is 1.32. The maximum Gasteiger partial charge on any atom is 0.336 e. The van der Waals surface area contributed by atoms with Crippen molar-refractivity contribution in [3.8, 4) is 5.75 Å². The van der Waals surface area contributed by atoms with Gasteiger partial charge in [0.2, 0.25) is 0 Å². The molecule has 0 aliphatic rings. The van der Waals surface area contributed by atoms with Crippen molar-refractivity contribution >= 4 is 16.6 Å². The van der Waals surface area contributed by atoms with Crippen LogP contribution in [-0.4, -0.2) is 31.0 Å². The van der Waals surface area contributed by atoms with Crippen molar-refractivity contribution in [2.45, 2.75) is 19.6 Å². The molecule has 0 fully saturated rings. The van der Waals surface area contributed by atoms with Crippen LogP contribution in [0.15, 0.2) is 18.3 Å². The molecule has 0 bridgehead atoms. The molecule has 1 atom stereocenters. The van der Waals surface area contributed by atoms with Crippen molar-refractivity contribution in [3.05, 3.63) is 28.4 Å². The largest absolute Gasteiger partial charge is 0.502 e. The number of nitro benzene ring substituents is 1. The van der Waals surface area contributed by atoms with Gasteiger partial charge in [-0.2, -0.15) is 5.10 Å². The molecule has 1 aromatic carbocycles. The van der Waals surface area contributed by atoms with Gasteiger partial charge in [-0.15, -0.1) is 0 Å². The summed E-state index contributed by atoms with van der Waals surface area (Å²) in [7, 11) is 0. The van der Waals surface area contributed by atoms with E-state index in [4.69, 9.17) is 0 Å². The van der Waals surface area contributed by atoms with E-state index in [-0.39, 0.29) is 17.7 Å². The number of nitrogens with zero attached hydrogens (tertiary/aromatic N) is 3. The normalized spacial score (nSPS) is 12.8. The predicted octanol–water partition coefficient (Wildman–Crippen LogP) is 1.03. The lowest BCUT2D eigenvalue weighted by atomic mass is 10.2. The second kappa shape index (κ2) is 4.02. The number of benzene rings is 1. The van der Waals surface area contributed by atoms with Gasteiger partial charge in [0, 0.05) is 5.39 Å². The Hall–Kier alpha value is -2.15. The van der Waals surface area contributed by atoms with Crippen LogP contribution in [0.5, 0.6) is 5.75 Å². The van der Waals surface area contributed by atoms with E-state index in [0.29, 0.717) is 5.39 Å². The van der Waals surface area contributed by atoms with Crippen LogP contribution in [0, 0.1) is 10.1 Å². The number of hydrogen-bond acceptors (Lipinski definition) is 5. The monoisotopic (exact) mass is 237 g/mol. The van der Waals surface area contributed by atoms with Crippen molar-refractivity contribution < 1.29 is 15.1 Å². The molecule has 1 aromatic heterocycles. The van der Waals surface area contributed by atoms with Crippen molar-refractivity contribution in [1.82, 2.24) is 9.78 Å². The van der Waals surface area contributed by atoms with E-state index < -0.39 is 16.8 Å². The van der Waals surface area contributed by atoms with Gasteiger partial charge in [0.1, 0.15) is 5.52 Å². The highest BCUT2D eigenvalue weighted by Crippen LogP contribution is 2.34. The molecule has 0 saturated heterocycles. The van der Waals surface area contributed by atoms with E-state index >= 15 is 0 Å². The second-order valence-corrected chi connectivity index (χ2v) is 3.80. The number of nitro groups is 1. The topological polar surface area (TPSA) is 101 Å². The van der Waals surface area contributed by atoms with Crippen LogP contribution in [0.2, 0.25) is 0 Å². The van der Waals surface area contributed by atoms with Crippen molar-refractivity contribution in [3.63, 3.8) is 0 Å². The van der Waals surface area contributed by atoms with Crippen LogP contribution in [-0.2, 0) is 6.54 Å². The number of aliphatic hydroxyl groups is 1. The Morgan fingerprint density at radius 2 is 2.29 bits per heavy atom. The predicted molar refractivity (Wildman–Crippen MR) is 59.7 cm³/mol. The number of phenols is 1. The Morgan fingerprint density at radius 3 is 2.88 bits per heavy atom. The lowest BCUT2D eigenvalue weighted by molar-refractivity contribution is -0.384. The summed E-state index contributed by atoms with van der Waals surface area (Å²) in [4.78, 5) is 10.3. The van der Waals surface area contributed by atoms with Crippen LogP contribution in [0.3, 0.4) is 0 Å². The Kier molecular flexibility index (Phi) is 2.68. The molecular weight excluding hydrogens is 226 g/mol. The van der Waals surface area contributed by atoms with Crippen LogP contribution in [0.4, 0.5) is 5.69 Å². The zero-order valence-corrected chi connectivity index (χ0v) is 9.07. The highest BCUT2D eigenvalue weighted by atomic mass is 16.6. The van der Waals surface area contributed by atoms with Crippen LogP contribution < -0.4 is 0 Å². The van der Waals surface area contributed by atoms with Gasteiger partial charge < -0.3 is 10.2 Å². The quantitative estimate of drug-likeness (QED) is 0.613. The number of aromatic hydroxyl groups is 1. The van der Waals surface area contributed by atoms with Gasteiger partial charge in [0.05, 0.1) is 23.8 Å². The molecular formula is C10H11N3O4. The van der Waals surface area contributed by atoms with Gasteiger partial charge in [-0.3, -0.25) is 14.8 Å². The molecule has 1 heterocycles. The first kappa shape index (κ1) is 11.3. The Labute approximate surface area is 96.1 Å². The number of hydrogen-bond donors (Lipinski definition) is 2. The maximum atomic E-state index is 10.9. The molecule has 2 rings (SSSR count). The highest BCUT2D eigenvalue weighted by Gasteiger charge is 2.22. The zero-order chi connectivity index (χ0) is 12.6. The van der Waals surface area contributed by atoms with E-state index in [1.807, 2.05) is 0 Å². The molecule has 2 N–H and O–H groups in total. The minimum atomic E-state index is -0.681. The van der Waals surface area contributed by atoms with E-state index in [2.05, 4.69) is 5.10 Å². The molecule has 0 saturated carbocycles. The highest BCUT2D eigenvalue weighted by molar-refractivity contribution is 5.90. The third kappa shape index (κ3) is 1.92. The minimum Gasteiger partial charge on any atom is -0.502 e. The van der Waals surface area contributed by atoms with Crippen LogP contribution in [0.1, 0.15) is 6.92 Å². The molecule has 0 aliphatic carbocycles. The summed E-state index contributed by atoms with van der Waals surface area (Å²) in [6.45, 7) is 1.69. The fourth-order valence-corrected chi connectivity index (χ4v) is 1.72. The van der Waals surface area contributed by atoms with Crippen molar-refractivity contribution in [2.75, 3.05) is 0 Å². The third-order valence-electron chi connectivity index (χ3n) is 2.38. The van der Waals surface area contributed by atoms with Gasteiger partial charge in [-0.1, -0.05) is 0 Å². The third-order valence-corrected chi connectivity index (χ3v) is 2.38. The molecule has 0 unspecified atom stereocenters. The van der Waals surface area contributed by atoms with Crippen molar-refractivity contribution in [2.24, 2.45) is 0 Å². The molecule has 7 nitrogen and oxygen atoms in total. The fraction of sp³-hybridized carbons (Fsp3) is 0.300. The second-order valence-electron chi connectivity index (χ2n) is 3.80.